The molecule has 4 rings (SSSR count). The van der Waals surface area contributed by atoms with Crippen LogP contribution in [0.4, 0.5) is 16.2 Å². The molecule has 0 spiro atoms. The van der Waals surface area contributed by atoms with Crippen LogP contribution >= 0.6 is 0 Å². The SMILES string of the molecule is COc1ccc(CCN2C(=O)N(c3ccccc3)C(=O)[C@@H]2CC(=O)Nc2ccc(OC)cc2)cc1. The highest BCUT2D eigenvalue weighted by atomic mass is 16.5. The van der Waals surface area contributed by atoms with Gasteiger partial charge >= 0.3 is 6.03 Å². The highest BCUT2D eigenvalue weighted by molar-refractivity contribution is 6.22. The number of anilines is 2. The van der Waals surface area contributed by atoms with Gasteiger partial charge < -0.3 is 19.7 Å². The number of amides is 4. The Kier molecular flexibility index (Phi) is 7.30. The molecule has 35 heavy (non-hydrogen) atoms. The third-order valence-electron chi connectivity index (χ3n) is 5.89. The van der Waals surface area contributed by atoms with Gasteiger partial charge in [0, 0.05) is 12.2 Å². The maximum absolute atomic E-state index is 13.3. The lowest BCUT2D eigenvalue weighted by atomic mass is 10.1. The van der Waals surface area contributed by atoms with Gasteiger partial charge in [0.2, 0.25) is 5.91 Å². The minimum atomic E-state index is -0.904. The number of nitrogens with zero attached hydrogens (tertiary/aromatic N) is 2. The maximum atomic E-state index is 13.3. The van der Waals surface area contributed by atoms with Crippen molar-refractivity contribution in [3.63, 3.8) is 0 Å². The van der Waals surface area contributed by atoms with Gasteiger partial charge in [0.05, 0.1) is 26.3 Å². The summed E-state index contributed by atoms with van der Waals surface area (Å²) in [5.41, 5.74) is 2.05. The Bertz CT molecular complexity index is 1180. The van der Waals surface area contributed by atoms with Crippen LogP contribution in [0.25, 0.3) is 0 Å². The van der Waals surface area contributed by atoms with Crippen LogP contribution in [0.1, 0.15) is 12.0 Å². The maximum Gasteiger partial charge on any atom is 0.332 e. The van der Waals surface area contributed by atoms with Crippen molar-refractivity contribution in [1.29, 1.82) is 0 Å². The second-order valence-corrected chi connectivity index (χ2v) is 8.08. The molecular formula is C27H27N3O5. The van der Waals surface area contributed by atoms with E-state index in [9.17, 15) is 14.4 Å². The second kappa shape index (κ2) is 10.7. The lowest BCUT2D eigenvalue weighted by molar-refractivity contribution is -0.124. The molecule has 0 aromatic heterocycles. The Morgan fingerprint density at radius 2 is 1.46 bits per heavy atom. The van der Waals surface area contributed by atoms with E-state index in [2.05, 4.69) is 5.32 Å². The Morgan fingerprint density at radius 3 is 2.06 bits per heavy atom. The highest BCUT2D eigenvalue weighted by Gasteiger charge is 2.46. The van der Waals surface area contributed by atoms with Gasteiger partial charge in [0.15, 0.2) is 0 Å². The molecule has 0 bridgehead atoms. The van der Waals surface area contributed by atoms with Gasteiger partial charge in [0.1, 0.15) is 17.5 Å². The minimum Gasteiger partial charge on any atom is -0.497 e. The number of methoxy groups -OCH3 is 2. The number of nitrogens with one attached hydrogen (secondary N) is 1. The molecule has 1 N–H and O–H groups in total. The van der Waals surface area contributed by atoms with Crippen LogP contribution in [0.15, 0.2) is 78.9 Å². The molecule has 1 aliphatic heterocycles. The molecule has 8 nitrogen and oxygen atoms in total. The Labute approximate surface area is 204 Å². The first-order chi connectivity index (χ1) is 17.0. The highest BCUT2D eigenvalue weighted by Crippen LogP contribution is 2.27. The molecule has 1 saturated heterocycles. The number of ether oxygens (including phenoxy) is 2. The molecular weight excluding hydrogens is 446 g/mol. The third kappa shape index (κ3) is 5.43. The van der Waals surface area contributed by atoms with E-state index in [0.29, 0.717) is 30.1 Å². The van der Waals surface area contributed by atoms with E-state index in [4.69, 9.17) is 9.47 Å². The van der Waals surface area contributed by atoms with Crippen molar-refractivity contribution in [3.05, 3.63) is 84.4 Å². The summed E-state index contributed by atoms with van der Waals surface area (Å²) in [6.45, 7) is 0.292. The molecule has 0 unspecified atom stereocenters. The van der Waals surface area contributed by atoms with Crippen molar-refractivity contribution >= 4 is 29.2 Å². The fourth-order valence-corrected chi connectivity index (χ4v) is 4.01. The molecule has 8 heteroatoms. The van der Waals surface area contributed by atoms with Crippen molar-refractivity contribution in [1.82, 2.24) is 4.90 Å². The van der Waals surface area contributed by atoms with Gasteiger partial charge in [-0.3, -0.25) is 9.59 Å². The molecule has 3 aromatic carbocycles. The summed E-state index contributed by atoms with van der Waals surface area (Å²) in [5, 5.41) is 2.80. The summed E-state index contributed by atoms with van der Waals surface area (Å²) in [5.74, 6) is 0.638. The van der Waals surface area contributed by atoms with E-state index >= 15 is 0 Å². The van der Waals surface area contributed by atoms with Gasteiger partial charge in [-0.1, -0.05) is 30.3 Å². The number of hydrogen-bond acceptors (Lipinski definition) is 5. The number of carbonyl (C=O) groups excluding carboxylic acids is 3. The molecule has 0 radical (unpaired) electrons. The number of para-hydroxylation sites is 1. The van der Waals surface area contributed by atoms with Crippen molar-refractivity contribution in [2.45, 2.75) is 18.9 Å². The normalized spacial score (nSPS) is 15.3. The molecule has 1 atom stereocenters. The Morgan fingerprint density at radius 1 is 0.857 bits per heavy atom. The molecule has 3 aromatic rings. The number of imide groups is 1. The molecule has 1 aliphatic rings. The second-order valence-electron chi connectivity index (χ2n) is 8.08. The fourth-order valence-electron chi connectivity index (χ4n) is 4.01. The third-order valence-corrected chi connectivity index (χ3v) is 5.89. The average Bonchev–Trinajstić information content (AvgIpc) is 3.12. The fraction of sp³-hybridized carbons (Fsp3) is 0.222. The first-order valence-electron chi connectivity index (χ1n) is 11.3. The van der Waals surface area contributed by atoms with Crippen LogP contribution < -0.4 is 19.7 Å². The topological polar surface area (TPSA) is 88.2 Å². The Balaban J connectivity index is 1.52. The molecule has 180 valence electrons. The van der Waals surface area contributed by atoms with Crippen molar-refractivity contribution in [2.24, 2.45) is 0 Å². The molecule has 1 fully saturated rings. The van der Waals surface area contributed by atoms with E-state index in [1.807, 2.05) is 30.3 Å². The number of hydrogen-bond donors (Lipinski definition) is 1. The zero-order chi connectivity index (χ0) is 24.8. The van der Waals surface area contributed by atoms with Crippen LogP contribution in [-0.2, 0) is 16.0 Å². The summed E-state index contributed by atoms with van der Waals surface area (Å²) in [6.07, 6.45) is 0.380. The molecule has 0 aliphatic carbocycles. The lowest BCUT2D eigenvalue weighted by Crippen LogP contribution is -2.39. The van der Waals surface area contributed by atoms with E-state index in [-0.39, 0.29) is 12.3 Å². The van der Waals surface area contributed by atoms with Gasteiger partial charge in [-0.05, 0) is 60.5 Å². The standard InChI is InChI=1S/C27H27N3O5/c1-34-22-12-8-19(9-13-22)16-17-29-24(18-25(31)28-20-10-14-23(35-2)15-11-20)26(32)30(27(29)33)21-6-4-3-5-7-21/h3-15,24H,16-18H2,1-2H3,(H,28,31)/t24-/m0/s1. The van der Waals surface area contributed by atoms with Crippen LogP contribution in [0.5, 0.6) is 11.5 Å². The predicted octanol–water partition coefficient (Wildman–Crippen LogP) is 4.11. The first kappa shape index (κ1) is 23.8. The van der Waals surface area contributed by atoms with Gasteiger partial charge in [0.25, 0.3) is 5.91 Å². The van der Waals surface area contributed by atoms with E-state index < -0.39 is 18.0 Å². The quantitative estimate of drug-likeness (QED) is 0.473. The molecule has 4 amide bonds. The number of rotatable bonds is 9. The number of carbonyl (C=O) groups is 3. The van der Waals surface area contributed by atoms with Crippen LogP contribution in [-0.4, -0.2) is 49.6 Å². The Hall–Kier alpha value is -4.33. The zero-order valence-electron chi connectivity index (χ0n) is 19.6. The van der Waals surface area contributed by atoms with Crippen molar-refractivity contribution in [2.75, 3.05) is 31.0 Å². The monoisotopic (exact) mass is 473 g/mol. The van der Waals surface area contributed by atoms with Crippen molar-refractivity contribution in [3.8, 4) is 11.5 Å². The van der Waals surface area contributed by atoms with Crippen LogP contribution in [0.2, 0.25) is 0 Å². The van der Waals surface area contributed by atoms with Gasteiger partial charge in [-0.15, -0.1) is 0 Å². The minimum absolute atomic E-state index is 0.150. The van der Waals surface area contributed by atoms with E-state index in [1.54, 1.807) is 62.8 Å². The number of benzene rings is 3. The van der Waals surface area contributed by atoms with Crippen LogP contribution in [0, 0.1) is 0 Å². The summed E-state index contributed by atoms with van der Waals surface area (Å²) in [7, 11) is 3.17. The lowest BCUT2D eigenvalue weighted by Gasteiger charge is -2.21. The summed E-state index contributed by atoms with van der Waals surface area (Å²) >= 11 is 0. The summed E-state index contributed by atoms with van der Waals surface area (Å²) < 4.78 is 10.3. The van der Waals surface area contributed by atoms with Crippen molar-refractivity contribution < 1.29 is 23.9 Å². The first-order valence-corrected chi connectivity index (χ1v) is 11.3. The van der Waals surface area contributed by atoms with E-state index in [1.165, 1.54) is 4.90 Å². The summed E-state index contributed by atoms with van der Waals surface area (Å²) in [6, 6.07) is 21.9. The largest absolute Gasteiger partial charge is 0.497 e. The molecule has 1 heterocycles. The zero-order valence-corrected chi connectivity index (χ0v) is 19.6. The smallest absolute Gasteiger partial charge is 0.332 e. The van der Waals surface area contributed by atoms with Gasteiger partial charge in [-0.25, -0.2) is 9.69 Å². The average molecular weight is 474 g/mol. The van der Waals surface area contributed by atoms with Gasteiger partial charge in [-0.2, -0.15) is 0 Å². The number of urea groups is 1. The predicted molar refractivity (Wildman–Crippen MR) is 133 cm³/mol. The summed E-state index contributed by atoms with van der Waals surface area (Å²) in [4.78, 5) is 42.1. The van der Waals surface area contributed by atoms with Crippen LogP contribution in [0.3, 0.4) is 0 Å². The van der Waals surface area contributed by atoms with E-state index in [0.717, 1.165) is 16.2 Å². The molecule has 0 saturated carbocycles.